The standard InChI is InChI=1S/C29H30N6O3S/c1-2-25-19-23(21-9-5-3-6-10-21)20-27(22-11-7-4-8-12-22)35(25)18-17-28(36)32-24-13-15-26(16-14-24)39(37,38)34-33-29(30)31/h3-16,19-20,34H,2,17-18H2,1H3,(H4-,30,31,32,33,36)/p+1. The molecule has 0 unspecified atom stereocenters. The molecule has 0 atom stereocenters. The molecule has 1 aromatic heterocycles. The molecule has 39 heavy (non-hydrogen) atoms. The maximum Gasteiger partial charge on any atom is 0.276 e. The molecule has 0 saturated carbocycles. The Kier molecular flexibility index (Phi) is 8.57. The number of amides is 1. The minimum Gasteiger partial charge on any atom is -0.369 e. The van der Waals surface area contributed by atoms with Gasteiger partial charge in [0.2, 0.25) is 17.6 Å². The first-order valence-electron chi connectivity index (χ1n) is 12.4. The SMILES string of the molecule is CCc1cc(-c2ccccc2)cc(-c2ccccc2)[n+]1CCC(=O)Nc1ccc(S(=O)(=O)NN=C(N)N)cc1. The Morgan fingerprint density at radius 2 is 1.46 bits per heavy atom. The van der Waals surface area contributed by atoms with Crippen molar-refractivity contribution in [3.8, 4) is 22.4 Å². The van der Waals surface area contributed by atoms with E-state index in [0.29, 0.717) is 12.2 Å². The number of benzene rings is 3. The largest absolute Gasteiger partial charge is 0.369 e. The molecule has 1 heterocycles. The van der Waals surface area contributed by atoms with Crippen LogP contribution in [0.2, 0.25) is 0 Å². The van der Waals surface area contributed by atoms with Crippen molar-refractivity contribution in [1.82, 2.24) is 4.83 Å². The van der Waals surface area contributed by atoms with Crippen LogP contribution in [-0.4, -0.2) is 20.3 Å². The Bertz CT molecular complexity index is 1570. The number of rotatable bonds is 10. The molecule has 1 amide bonds. The number of carbonyl (C=O) groups excluding carboxylic acids is 1. The van der Waals surface area contributed by atoms with E-state index in [1.54, 1.807) is 0 Å². The fraction of sp³-hybridized carbons (Fsp3) is 0.138. The number of hydrogen-bond donors (Lipinski definition) is 4. The summed E-state index contributed by atoms with van der Waals surface area (Å²) >= 11 is 0. The average Bonchev–Trinajstić information content (AvgIpc) is 2.96. The zero-order chi connectivity index (χ0) is 27.8. The number of aromatic nitrogens is 1. The van der Waals surface area contributed by atoms with Crippen molar-refractivity contribution in [3.63, 3.8) is 0 Å². The molecule has 0 aliphatic rings. The van der Waals surface area contributed by atoms with Gasteiger partial charge in [0.25, 0.3) is 10.0 Å². The molecule has 0 radical (unpaired) electrons. The van der Waals surface area contributed by atoms with Crippen molar-refractivity contribution < 1.29 is 17.8 Å². The minimum absolute atomic E-state index is 0.0420. The zero-order valence-corrected chi connectivity index (χ0v) is 22.4. The molecule has 0 saturated heterocycles. The van der Waals surface area contributed by atoms with Crippen LogP contribution in [0.1, 0.15) is 19.0 Å². The van der Waals surface area contributed by atoms with Crippen molar-refractivity contribution in [2.75, 3.05) is 5.32 Å². The molecule has 200 valence electrons. The molecule has 0 fully saturated rings. The number of nitrogens with two attached hydrogens (primary N) is 2. The zero-order valence-electron chi connectivity index (χ0n) is 21.5. The number of pyridine rings is 1. The number of sulfonamides is 1. The van der Waals surface area contributed by atoms with Gasteiger partial charge in [-0.2, -0.15) is 17.8 Å². The lowest BCUT2D eigenvalue weighted by Gasteiger charge is -2.12. The van der Waals surface area contributed by atoms with E-state index in [1.165, 1.54) is 24.3 Å². The quantitative estimate of drug-likeness (QED) is 0.105. The van der Waals surface area contributed by atoms with E-state index in [1.807, 2.05) is 41.2 Å². The summed E-state index contributed by atoms with van der Waals surface area (Å²) < 4.78 is 26.7. The van der Waals surface area contributed by atoms with Crippen LogP contribution in [0.15, 0.2) is 107 Å². The van der Waals surface area contributed by atoms with Crippen LogP contribution in [0.4, 0.5) is 5.69 Å². The number of hydrogen-bond acceptors (Lipinski definition) is 4. The van der Waals surface area contributed by atoms with Crippen LogP contribution in [0.5, 0.6) is 0 Å². The van der Waals surface area contributed by atoms with E-state index in [0.717, 1.165) is 34.5 Å². The van der Waals surface area contributed by atoms with Crippen molar-refractivity contribution in [2.24, 2.45) is 16.6 Å². The van der Waals surface area contributed by atoms with Gasteiger partial charge in [-0.05, 0) is 47.5 Å². The highest BCUT2D eigenvalue weighted by Gasteiger charge is 2.21. The van der Waals surface area contributed by atoms with Crippen molar-refractivity contribution in [2.45, 2.75) is 31.2 Å². The summed E-state index contributed by atoms with van der Waals surface area (Å²) in [5, 5.41) is 6.16. The normalized spacial score (nSPS) is 11.0. The Labute approximate surface area is 228 Å². The van der Waals surface area contributed by atoms with Gasteiger partial charge in [-0.1, -0.05) is 55.5 Å². The lowest BCUT2D eigenvalue weighted by molar-refractivity contribution is -0.692. The molecule has 9 nitrogen and oxygen atoms in total. The Morgan fingerprint density at radius 3 is 2.05 bits per heavy atom. The van der Waals surface area contributed by atoms with E-state index in [2.05, 4.69) is 58.3 Å². The van der Waals surface area contributed by atoms with Crippen LogP contribution in [0.3, 0.4) is 0 Å². The molecule has 0 aliphatic carbocycles. The molecular weight excluding hydrogens is 512 g/mol. The van der Waals surface area contributed by atoms with Crippen LogP contribution in [0.25, 0.3) is 22.4 Å². The first kappa shape index (κ1) is 27.3. The number of anilines is 1. The van der Waals surface area contributed by atoms with Gasteiger partial charge < -0.3 is 16.8 Å². The lowest BCUT2D eigenvalue weighted by Crippen LogP contribution is -2.42. The van der Waals surface area contributed by atoms with E-state index < -0.39 is 16.0 Å². The molecule has 3 aromatic carbocycles. The summed E-state index contributed by atoms with van der Waals surface area (Å²) in [5.41, 5.74) is 16.3. The average molecular weight is 544 g/mol. The summed E-state index contributed by atoms with van der Waals surface area (Å²) in [6, 6.07) is 30.4. The second kappa shape index (κ2) is 12.2. The van der Waals surface area contributed by atoms with E-state index in [-0.39, 0.29) is 17.2 Å². The minimum atomic E-state index is -3.92. The molecule has 4 aromatic rings. The Balaban J connectivity index is 1.53. The number of hydrazone groups is 1. The van der Waals surface area contributed by atoms with Gasteiger partial charge in [0.1, 0.15) is 0 Å². The molecular formula is C29H31N6O3S+. The molecule has 4 rings (SSSR count). The predicted molar refractivity (Wildman–Crippen MR) is 153 cm³/mol. The van der Waals surface area contributed by atoms with E-state index in [4.69, 9.17) is 11.5 Å². The maximum absolute atomic E-state index is 12.9. The monoisotopic (exact) mass is 543 g/mol. The highest BCUT2D eigenvalue weighted by molar-refractivity contribution is 7.89. The van der Waals surface area contributed by atoms with E-state index >= 15 is 0 Å². The summed E-state index contributed by atoms with van der Waals surface area (Å²) in [6.07, 6.45) is 1.03. The van der Waals surface area contributed by atoms with Crippen LogP contribution in [0, 0.1) is 0 Å². The number of nitrogens with zero attached hydrogens (tertiary/aromatic N) is 2. The second-order valence-corrected chi connectivity index (χ2v) is 10.5. The second-order valence-electron chi connectivity index (χ2n) is 8.81. The third kappa shape index (κ3) is 6.99. The van der Waals surface area contributed by atoms with Crippen molar-refractivity contribution in [3.05, 3.63) is 103 Å². The first-order chi connectivity index (χ1) is 18.8. The third-order valence-corrected chi connectivity index (χ3v) is 7.32. The number of carbonyl (C=O) groups is 1. The van der Waals surface area contributed by atoms with Gasteiger partial charge in [-0.3, -0.25) is 4.79 Å². The molecule has 0 spiro atoms. The van der Waals surface area contributed by atoms with E-state index in [9.17, 15) is 13.2 Å². The Morgan fingerprint density at radius 1 is 0.846 bits per heavy atom. The topological polar surface area (TPSA) is 144 Å². The molecule has 6 N–H and O–H groups in total. The fourth-order valence-electron chi connectivity index (χ4n) is 4.20. The number of guanidine groups is 1. The van der Waals surface area contributed by atoms with Gasteiger partial charge in [0.15, 0.2) is 12.2 Å². The predicted octanol–water partition coefficient (Wildman–Crippen LogP) is 3.37. The summed E-state index contributed by atoms with van der Waals surface area (Å²) in [7, 11) is -3.92. The number of aryl methyl sites for hydroxylation is 1. The van der Waals surface area contributed by atoms with Crippen LogP contribution in [-0.2, 0) is 27.8 Å². The highest BCUT2D eigenvalue weighted by atomic mass is 32.2. The summed E-state index contributed by atoms with van der Waals surface area (Å²) in [6.45, 7) is 2.58. The summed E-state index contributed by atoms with van der Waals surface area (Å²) in [5.74, 6) is -0.596. The fourth-order valence-corrected chi connectivity index (χ4v) is 5.03. The molecule has 0 bridgehead atoms. The third-order valence-electron chi connectivity index (χ3n) is 6.10. The van der Waals surface area contributed by atoms with Crippen molar-refractivity contribution in [1.29, 1.82) is 0 Å². The maximum atomic E-state index is 12.9. The van der Waals surface area contributed by atoms with Crippen LogP contribution < -0.4 is 26.2 Å². The van der Waals surface area contributed by atoms with Crippen LogP contribution >= 0.6 is 0 Å². The van der Waals surface area contributed by atoms with Gasteiger partial charge in [-0.15, -0.1) is 5.10 Å². The Hall–Kier alpha value is -4.70. The summed E-state index contributed by atoms with van der Waals surface area (Å²) in [4.78, 5) is 14.8. The van der Waals surface area contributed by atoms with Gasteiger partial charge >= 0.3 is 0 Å². The van der Waals surface area contributed by atoms with Gasteiger partial charge in [-0.25, -0.2) is 0 Å². The lowest BCUT2D eigenvalue weighted by atomic mass is 10.0. The number of nitrogens with one attached hydrogen (secondary N) is 2. The highest BCUT2D eigenvalue weighted by Crippen LogP contribution is 2.25. The van der Waals surface area contributed by atoms with Gasteiger partial charge in [0.05, 0.1) is 11.3 Å². The van der Waals surface area contributed by atoms with Gasteiger partial charge in [0, 0.05) is 29.8 Å². The molecule has 10 heteroatoms. The van der Waals surface area contributed by atoms with Crippen molar-refractivity contribution >= 4 is 27.6 Å². The smallest absolute Gasteiger partial charge is 0.276 e. The first-order valence-corrected chi connectivity index (χ1v) is 13.9. The molecule has 0 aliphatic heterocycles.